The predicted octanol–water partition coefficient (Wildman–Crippen LogP) is 1.41. The van der Waals surface area contributed by atoms with Crippen molar-refractivity contribution < 1.29 is 4.79 Å². The van der Waals surface area contributed by atoms with Crippen molar-refractivity contribution >= 4 is 5.91 Å². The first-order chi connectivity index (χ1) is 6.72. The van der Waals surface area contributed by atoms with Gasteiger partial charge >= 0.3 is 0 Å². The van der Waals surface area contributed by atoms with E-state index in [1.165, 1.54) is 12.8 Å². The van der Waals surface area contributed by atoms with E-state index in [4.69, 9.17) is 0 Å². The van der Waals surface area contributed by atoms with Crippen LogP contribution in [0.25, 0.3) is 0 Å². The molecule has 0 aromatic carbocycles. The Morgan fingerprint density at radius 1 is 1.50 bits per heavy atom. The van der Waals surface area contributed by atoms with Gasteiger partial charge in [0.25, 0.3) is 0 Å². The molecule has 0 heterocycles. The van der Waals surface area contributed by atoms with Crippen LogP contribution in [0.4, 0.5) is 0 Å². The van der Waals surface area contributed by atoms with E-state index in [0.717, 1.165) is 13.0 Å². The summed E-state index contributed by atoms with van der Waals surface area (Å²) in [4.78, 5) is 13.2. The summed E-state index contributed by atoms with van der Waals surface area (Å²) in [5, 5.41) is 3.00. The maximum absolute atomic E-state index is 11.4. The second kappa shape index (κ2) is 8.75. The highest BCUT2D eigenvalue weighted by molar-refractivity contribution is 5.77. The van der Waals surface area contributed by atoms with Crippen molar-refractivity contribution in [3.63, 3.8) is 0 Å². The Balaban J connectivity index is 3.49. The van der Waals surface area contributed by atoms with Crippen LogP contribution in [0, 0.1) is 0 Å². The number of nitrogens with zero attached hydrogens (tertiary/aromatic N) is 1. The summed E-state index contributed by atoms with van der Waals surface area (Å²) in [5.41, 5.74) is 0. The van der Waals surface area contributed by atoms with E-state index in [9.17, 15) is 4.79 Å². The molecule has 14 heavy (non-hydrogen) atoms. The third-order valence-corrected chi connectivity index (χ3v) is 2.09. The number of nitrogens with one attached hydrogen (secondary N) is 1. The average Bonchev–Trinajstić information content (AvgIpc) is 2.18. The van der Waals surface area contributed by atoms with E-state index in [1.54, 1.807) is 11.0 Å². The number of hydrogen-bond acceptors (Lipinski definition) is 2. The van der Waals surface area contributed by atoms with E-state index in [0.29, 0.717) is 13.1 Å². The number of carbonyl (C=O) groups is 1. The zero-order valence-electron chi connectivity index (χ0n) is 9.38. The van der Waals surface area contributed by atoms with E-state index in [1.807, 2.05) is 7.05 Å². The van der Waals surface area contributed by atoms with Crippen molar-refractivity contribution in [3.05, 3.63) is 12.7 Å². The summed E-state index contributed by atoms with van der Waals surface area (Å²) in [6, 6.07) is 0. The van der Waals surface area contributed by atoms with E-state index in [2.05, 4.69) is 18.8 Å². The molecule has 0 saturated heterocycles. The van der Waals surface area contributed by atoms with E-state index < -0.39 is 0 Å². The molecular weight excluding hydrogens is 176 g/mol. The van der Waals surface area contributed by atoms with Crippen LogP contribution in [0.3, 0.4) is 0 Å². The number of amides is 1. The van der Waals surface area contributed by atoms with Gasteiger partial charge in [-0.05, 0) is 6.42 Å². The molecule has 0 radical (unpaired) electrons. The molecule has 0 aromatic heterocycles. The summed E-state index contributed by atoms with van der Waals surface area (Å²) in [7, 11) is 1.85. The molecule has 0 aliphatic rings. The molecule has 0 saturated carbocycles. The number of likely N-dealkylation sites (N-methyl/N-ethyl adjacent to an activating group) is 1. The monoisotopic (exact) mass is 198 g/mol. The molecule has 1 amide bonds. The molecule has 1 N–H and O–H groups in total. The van der Waals surface area contributed by atoms with Gasteiger partial charge in [0, 0.05) is 20.1 Å². The highest BCUT2D eigenvalue weighted by atomic mass is 16.2. The van der Waals surface area contributed by atoms with Gasteiger partial charge in [0.1, 0.15) is 0 Å². The number of carbonyl (C=O) groups excluding carboxylic acids is 1. The van der Waals surface area contributed by atoms with Gasteiger partial charge in [-0.15, -0.1) is 6.58 Å². The number of hydrogen-bond donors (Lipinski definition) is 1. The van der Waals surface area contributed by atoms with Crippen LogP contribution >= 0.6 is 0 Å². The molecule has 0 unspecified atom stereocenters. The largest absolute Gasteiger partial charge is 0.345 e. The Morgan fingerprint density at radius 2 is 2.21 bits per heavy atom. The summed E-state index contributed by atoms with van der Waals surface area (Å²) in [6.07, 6.45) is 5.24. The standard InChI is InChI=1S/C11H22N2O/c1-4-6-7-9-13(3)11(14)10-12-8-5-2/h5,12H,2,4,6-10H2,1,3H3. The van der Waals surface area contributed by atoms with Gasteiger partial charge in [-0.25, -0.2) is 0 Å². The van der Waals surface area contributed by atoms with Crippen LogP contribution in [0.1, 0.15) is 26.2 Å². The van der Waals surface area contributed by atoms with Gasteiger partial charge in [-0.3, -0.25) is 4.79 Å². The molecule has 0 rings (SSSR count). The van der Waals surface area contributed by atoms with Crippen molar-refractivity contribution in [2.75, 3.05) is 26.7 Å². The van der Waals surface area contributed by atoms with Gasteiger partial charge in [0.05, 0.1) is 6.54 Å². The van der Waals surface area contributed by atoms with Crippen LogP contribution in [-0.4, -0.2) is 37.5 Å². The highest BCUT2D eigenvalue weighted by Crippen LogP contribution is 1.96. The fourth-order valence-corrected chi connectivity index (χ4v) is 1.14. The zero-order valence-corrected chi connectivity index (χ0v) is 9.38. The molecule has 3 heteroatoms. The minimum absolute atomic E-state index is 0.156. The molecule has 0 aliphatic heterocycles. The second-order valence-corrected chi connectivity index (χ2v) is 3.44. The topological polar surface area (TPSA) is 32.3 Å². The second-order valence-electron chi connectivity index (χ2n) is 3.44. The summed E-state index contributed by atoms with van der Waals surface area (Å²) in [5.74, 6) is 0.156. The third kappa shape index (κ3) is 6.66. The van der Waals surface area contributed by atoms with Crippen molar-refractivity contribution in [3.8, 4) is 0 Å². The quantitative estimate of drug-likeness (QED) is 0.472. The molecule has 0 fully saturated rings. The van der Waals surface area contributed by atoms with E-state index >= 15 is 0 Å². The molecule has 0 atom stereocenters. The van der Waals surface area contributed by atoms with Crippen LogP contribution in [0.15, 0.2) is 12.7 Å². The first kappa shape index (κ1) is 13.2. The Kier molecular flexibility index (Phi) is 8.24. The lowest BCUT2D eigenvalue weighted by Crippen LogP contribution is -2.36. The molecule has 3 nitrogen and oxygen atoms in total. The fourth-order valence-electron chi connectivity index (χ4n) is 1.14. The third-order valence-electron chi connectivity index (χ3n) is 2.09. The zero-order chi connectivity index (χ0) is 10.8. The maximum Gasteiger partial charge on any atom is 0.236 e. The minimum Gasteiger partial charge on any atom is -0.345 e. The van der Waals surface area contributed by atoms with Crippen LogP contribution in [0.5, 0.6) is 0 Å². The maximum atomic E-state index is 11.4. The molecule has 82 valence electrons. The molecule has 0 aromatic rings. The predicted molar refractivity (Wildman–Crippen MR) is 60.2 cm³/mol. The summed E-state index contributed by atoms with van der Waals surface area (Å²) >= 11 is 0. The Bertz CT molecular complexity index is 169. The van der Waals surface area contributed by atoms with Gasteiger partial charge in [0.2, 0.25) is 5.91 Å². The Hall–Kier alpha value is -0.830. The normalized spacial score (nSPS) is 9.86. The highest BCUT2D eigenvalue weighted by Gasteiger charge is 2.06. The van der Waals surface area contributed by atoms with Crippen LogP contribution in [0.2, 0.25) is 0 Å². The fraction of sp³-hybridized carbons (Fsp3) is 0.727. The van der Waals surface area contributed by atoms with Crippen LogP contribution in [-0.2, 0) is 4.79 Å². The average molecular weight is 198 g/mol. The first-order valence-electron chi connectivity index (χ1n) is 5.28. The molecular formula is C11H22N2O. The Morgan fingerprint density at radius 3 is 2.79 bits per heavy atom. The van der Waals surface area contributed by atoms with Gasteiger partial charge in [-0.1, -0.05) is 25.8 Å². The molecule has 0 bridgehead atoms. The molecule has 0 aliphatic carbocycles. The van der Waals surface area contributed by atoms with E-state index in [-0.39, 0.29) is 5.91 Å². The van der Waals surface area contributed by atoms with Crippen molar-refractivity contribution in [1.29, 1.82) is 0 Å². The van der Waals surface area contributed by atoms with Crippen molar-refractivity contribution in [1.82, 2.24) is 10.2 Å². The SMILES string of the molecule is C=CCNCC(=O)N(C)CCCCC. The summed E-state index contributed by atoms with van der Waals surface area (Å²) < 4.78 is 0. The van der Waals surface area contributed by atoms with Gasteiger partial charge in [-0.2, -0.15) is 0 Å². The summed E-state index contributed by atoms with van der Waals surface area (Å²) in [6.45, 7) is 7.70. The molecule has 0 spiro atoms. The van der Waals surface area contributed by atoms with Crippen molar-refractivity contribution in [2.24, 2.45) is 0 Å². The van der Waals surface area contributed by atoms with Gasteiger partial charge in [0.15, 0.2) is 0 Å². The number of unbranched alkanes of at least 4 members (excludes halogenated alkanes) is 2. The lowest BCUT2D eigenvalue weighted by molar-refractivity contribution is -0.128. The lowest BCUT2D eigenvalue weighted by atomic mass is 10.2. The lowest BCUT2D eigenvalue weighted by Gasteiger charge is -2.16. The minimum atomic E-state index is 0.156. The number of rotatable bonds is 8. The first-order valence-corrected chi connectivity index (χ1v) is 5.28. The smallest absolute Gasteiger partial charge is 0.236 e. The Labute approximate surface area is 87.2 Å². The van der Waals surface area contributed by atoms with Crippen LogP contribution < -0.4 is 5.32 Å². The van der Waals surface area contributed by atoms with Crippen molar-refractivity contribution in [2.45, 2.75) is 26.2 Å². The van der Waals surface area contributed by atoms with Gasteiger partial charge < -0.3 is 10.2 Å².